The van der Waals surface area contributed by atoms with Crippen LogP contribution in [0.5, 0.6) is 0 Å². The van der Waals surface area contributed by atoms with Crippen LogP contribution in [0, 0.1) is 13.8 Å². The molecule has 0 aliphatic heterocycles. The normalized spacial score (nSPS) is 11.0. The number of benzene rings is 2. The summed E-state index contributed by atoms with van der Waals surface area (Å²) >= 11 is 0. The molecule has 0 saturated carbocycles. The molecule has 2 rings (SSSR count). The minimum absolute atomic E-state index is 0.149. The van der Waals surface area contributed by atoms with E-state index in [1.807, 2.05) is 46.8 Å². The number of nitrogens with one attached hydrogen (secondary N) is 1. The van der Waals surface area contributed by atoms with Gasteiger partial charge >= 0.3 is 5.97 Å². The maximum atomic E-state index is 13.0. The third-order valence-corrected chi connectivity index (χ3v) is 4.73. The van der Waals surface area contributed by atoms with E-state index in [1.165, 1.54) is 6.07 Å². The maximum Gasteiger partial charge on any atom is 0.339 e. The lowest BCUT2D eigenvalue weighted by atomic mass is 9.94. The number of hydrogen-bond acceptors (Lipinski definition) is 4. The van der Waals surface area contributed by atoms with Crippen LogP contribution in [-0.2, 0) is 9.53 Å². The van der Waals surface area contributed by atoms with Crippen molar-refractivity contribution in [3.63, 3.8) is 0 Å². The summed E-state index contributed by atoms with van der Waals surface area (Å²) in [5.74, 6) is -1.32. The van der Waals surface area contributed by atoms with E-state index in [0.717, 1.165) is 17.5 Å². The minimum atomic E-state index is -0.696. The van der Waals surface area contributed by atoms with Crippen molar-refractivity contribution in [3.8, 4) is 0 Å². The van der Waals surface area contributed by atoms with E-state index in [0.29, 0.717) is 5.56 Å². The van der Waals surface area contributed by atoms with Crippen molar-refractivity contribution < 1.29 is 19.1 Å². The van der Waals surface area contributed by atoms with Crippen LogP contribution < -0.4 is 5.32 Å². The van der Waals surface area contributed by atoms with Crippen molar-refractivity contribution in [2.75, 3.05) is 6.61 Å². The Morgan fingerprint density at radius 1 is 0.964 bits per heavy atom. The van der Waals surface area contributed by atoms with Crippen LogP contribution in [0.15, 0.2) is 42.5 Å². The predicted octanol–water partition coefficient (Wildman–Crippen LogP) is 4.00. The van der Waals surface area contributed by atoms with Gasteiger partial charge in [0.2, 0.25) is 0 Å². The SMILES string of the molecule is CCC(C)(C)NC(=O)COC(=O)c1ccccc1C(=O)c1cc(C)ccc1C. The molecule has 1 N–H and O–H groups in total. The van der Waals surface area contributed by atoms with Crippen LogP contribution >= 0.6 is 0 Å². The molecular formula is C23H27NO4. The Bertz CT molecular complexity index is 899. The van der Waals surface area contributed by atoms with Gasteiger partial charge in [0.25, 0.3) is 5.91 Å². The molecule has 28 heavy (non-hydrogen) atoms. The molecule has 2 aromatic rings. The molecule has 1 amide bonds. The molecule has 0 aromatic heterocycles. The Kier molecular flexibility index (Phi) is 6.73. The van der Waals surface area contributed by atoms with Crippen LogP contribution in [0.4, 0.5) is 0 Å². The highest BCUT2D eigenvalue weighted by Gasteiger charge is 2.22. The molecular weight excluding hydrogens is 354 g/mol. The number of ketones is 1. The molecule has 0 radical (unpaired) electrons. The van der Waals surface area contributed by atoms with Gasteiger partial charge in [-0.05, 0) is 51.8 Å². The van der Waals surface area contributed by atoms with Crippen LogP contribution in [-0.4, -0.2) is 29.8 Å². The first-order valence-corrected chi connectivity index (χ1v) is 9.33. The highest BCUT2D eigenvalue weighted by Crippen LogP contribution is 2.19. The summed E-state index contributed by atoms with van der Waals surface area (Å²) in [5, 5.41) is 2.81. The first-order chi connectivity index (χ1) is 13.1. The number of carbonyl (C=O) groups excluding carboxylic acids is 3. The lowest BCUT2D eigenvalue weighted by Crippen LogP contribution is -2.44. The third kappa shape index (κ3) is 5.28. The molecule has 0 aliphatic rings. The summed E-state index contributed by atoms with van der Waals surface area (Å²) in [7, 11) is 0. The summed E-state index contributed by atoms with van der Waals surface area (Å²) in [6.45, 7) is 9.12. The summed E-state index contributed by atoms with van der Waals surface area (Å²) in [6, 6.07) is 12.1. The first kappa shape index (κ1) is 21.4. The Morgan fingerprint density at radius 2 is 1.61 bits per heavy atom. The van der Waals surface area contributed by atoms with Crippen LogP contribution in [0.2, 0.25) is 0 Å². The minimum Gasteiger partial charge on any atom is -0.452 e. The van der Waals surface area contributed by atoms with Gasteiger partial charge in [0.15, 0.2) is 12.4 Å². The van der Waals surface area contributed by atoms with Gasteiger partial charge in [0, 0.05) is 16.7 Å². The van der Waals surface area contributed by atoms with Gasteiger partial charge in [-0.25, -0.2) is 4.79 Å². The van der Waals surface area contributed by atoms with Crippen molar-refractivity contribution in [3.05, 3.63) is 70.3 Å². The van der Waals surface area contributed by atoms with E-state index in [9.17, 15) is 14.4 Å². The van der Waals surface area contributed by atoms with E-state index < -0.39 is 12.6 Å². The van der Waals surface area contributed by atoms with Gasteiger partial charge in [-0.1, -0.05) is 42.8 Å². The lowest BCUT2D eigenvalue weighted by Gasteiger charge is -2.24. The zero-order valence-electron chi connectivity index (χ0n) is 17.1. The maximum absolute atomic E-state index is 13.0. The summed E-state index contributed by atoms with van der Waals surface area (Å²) in [4.78, 5) is 37.6. The average Bonchev–Trinajstić information content (AvgIpc) is 2.67. The largest absolute Gasteiger partial charge is 0.452 e. The third-order valence-electron chi connectivity index (χ3n) is 4.73. The zero-order chi connectivity index (χ0) is 20.9. The number of amides is 1. The Labute approximate surface area is 166 Å². The van der Waals surface area contributed by atoms with E-state index in [-0.39, 0.29) is 28.4 Å². The topological polar surface area (TPSA) is 72.5 Å². The van der Waals surface area contributed by atoms with E-state index in [2.05, 4.69) is 5.32 Å². The Balaban J connectivity index is 2.19. The molecule has 0 spiro atoms. The average molecular weight is 381 g/mol. The monoisotopic (exact) mass is 381 g/mol. The van der Waals surface area contributed by atoms with Crippen LogP contribution in [0.25, 0.3) is 0 Å². The highest BCUT2D eigenvalue weighted by molar-refractivity contribution is 6.15. The summed E-state index contributed by atoms with van der Waals surface area (Å²) in [5.41, 5.74) is 2.37. The van der Waals surface area contributed by atoms with Gasteiger partial charge in [0.05, 0.1) is 5.56 Å². The molecule has 2 aromatic carbocycles. The van der Waals surface area contributed by atoms with E-state index >= 15 is 0 Å². The number of hydrogen-bond donors (Lipinski definition) is 1. The quantitative estimate of drug-likeness (QED) is 0.581. The molecule has 0 saturated heterocycles. The van der Waals surface area contributed by atoms with Crippen molar-refractivity contribution >= 4 is 17.7 Å². The number of aryl methyl sites for hydroxylation is 2. The molecule has 5 heteroatoms. The Hall–Kier alpha value is -2.95. The Morgan fingerprint density at radius 3 is 2.25 bits per heavy atom. The van der Waals surface area contributed by atoms with Gasteiger partial charge < -0.3 is 10.1 Å². The van der Waals surface area contributed by atoms with E-state index in [4.69, 9.17) is 4.74 Å². The molecule has 148 valence electrons. The lowest BCUT2D eigenvalue weighted by molar-refractivity contribution is -0.125. The molecule has 5 nitrogen and oxygen atoms in total. The van der Waals surface area contributed by atoms with Crippen molar-refractivity contribution in [1.82, 2.24) is 5.32 Å². The fourth-order valence-electron chi connectivity index (χ4n) is 2.70. The molecule has 0 unspecified atom stereocenters. The van der Waals surface area contributed by atoms with Crippen molar-refractivity contribution in [1.29, 1.82) is 0 Å². The van der Waals surface area contributed by atoms with Gasteiger partial charge in [0.1, 0.15) is 0 Å². The second kappa shape index (κ2) is 8.83. The molecule has 0 bridgehead atoms. The van der Waals surface area contributed by atoms with Crippen LogP contribution in [0.1, 0.15) is 64.6 Å². The predicted molar refractivity (Wildman–Crippen MR) is 109 cm³/mol. The second-order valence-electron chi connectivity index (χ2n) is 7.55. The number of esters is 1. The van der Waals surface area contributed by atoms with E-state index in [1.54, 1.807) is 24.3 Å². The number of ether oxygens (including phenoxy) is 1. The fourth-order valence-corrected chi connectivity index (χ4v) is 2.70. The number of rotatable bonds is 7. The van der Waals surface area contributed by atoms with Crippen molar-refractivity contribution in [2.24, 2.45) is 0 Å². The molecule has 0 fully saturated rings. The van der Waals surface area contributed by atoms with Gasteiger partial charge in [-0.2, -0.15) is 0 Å². The van der Waals surface area contributed by atoms with Gasteiger partial charge in [-0.15, -0.1) is 0 Å². The molecule has 0 atom stereocenters. The molecule has 0 aliphatic carbocycles. The second-order valence-corrected chi connectivity index (χ2v) is 7.55. The van der Waals surface area contributed by atoms with Crippen molar-refractivity contribution in [2.45, 2.75) is 46.6 Å². The number of carbonyl (C=O) groups is 3. The zero-order valence-corrected chi connectivity index (χ0v) is 17.1. The van der Waals surface area contributed by atoms with Crippen LogP contribution in [0.3, 0.4) is 0 Å². The standard InChI is InChI=1S/C23H27NO4/c1-6-23(4,5)24-20(25)14-28-22(27)18-10-8-7-9-17(18)21(26)19-13-15(2)11-12-16(19)3/h7-13H,6,14H2,1-5H3,(H,24,25). The summed E-state index contributed by atoms with van der Waals surface area (Å²) in [6.07, 6.45) is 0.750. The van der Waals surface area contributed by atoms with Gasteiger partial charge in [-0.3, -0.25) is 9.59 Å². The first-order valence-electron chi connectivity index (χ1n) is 9.33. The summed E-state index contributed by atoms with van der Waals surface area (Å²) < 4.78 is 5.16. The smallest absolute Gasteiger partial charge is 0.339 e. The molecule has 0 heterocycles. The fraction of sp³-hybridized carbons (Fsp3) is 0.348. The highest BCUT2D eigenvalue weighted by atomic mass is 16.5.